The van der Waals surface area contributed by atoms with Crippen molar-refractivity contribution in [3.05, 3.63) is 87.0 Å². The summed E-state index contributed by atoms with van der Waals surface area (Å²) in [5.41, 5.74) is 3.58. The van der Waals surface area contributed by atoms with Crippen molar-refractivity contribution >= 4 is 21.6 Å². The summed E-state index contributed by atoms with van der Waals surface area (Å²) in [7, 11) is 1.65. The normalized spacial score (nSPS) is 15.6. The summed E-state index contributed by atoms with van der Waals surface area (Å²) in [4.78, 5) is 24.2. The molecule has 7 heteroatoms. The molecule has 1 atom stereocenters. The zero-order chi connectivity index (χ0) is 21.9. The minimum Gasteiger partial charge on any atom is -0.497 e. The van der Waals surface area contributed by atoms with E-state index in [0.717, 1.165) is 53.8 Å². The monoisotopic (exact) mass is 446 g/mol. The summed E-state index contributed by atoms with van der Waals surface area (Å²) in [5.74, 6) is 0.792. The summed E-state index contributed by atoms with van der Waals surface area (Å²) in [6.07, 6.45) is 9.27. The SMILES string of the molecule is COc1cccc(Cn2cnc3sc4c(c3c2=O)CCC(NCCc2ccncc2)C4)c1. The van der Waals surface area contributed by atoms with Crippen molar-refractivity contribution in [3.8, 4) is 5.75 Å². The van der Waals surface area contributed by atoms with E-state index in [-0.39, 0.29) is 5.56 Å². The van der Waals surface area contributed by atoms with Gasteiger partial charge in [-0.1, -0.05) is 12.1 Å². The Bertz CT molecular complexity index is 1280. The molecule has 0 spiro atoms. The third kappa shape index (κ3) is 4.31. The summed E-state index contributed by atoms with van der Waals surface area (Å²) in [6, 6.07) is 12.4. The van der Waals surface area contributed by atoms with Gasteiger partial charge >= 0.3 is 0 Å². The second kappa shape index (κ2) is 9.22. The average molecular weight is 447 g/mol. The lowest BCUT2D eigenvalue weighted by Gasteiger charge is -2.23. The van der Waals surface area contributed by atoms with Crippen LogP contribution in [0.4, 0.5) is 0 Å². The Labute approximate surface area is 190 Å². The summed E-state index contributed by atoms with van der Waals surface area (Å²) >= 11 is 1.68. The molecule has 0 fully saturated rings. The standard InChI is InChI=1S/C25H26N4O2S/c1-31-20-4-2-3-18(13-20)15-29-16-28-24-23(25(29)30)21-6-5-19(14-22(21)32-24)27-12-9-17-7-10-26-11-8-17/h2-4,7-8,10-11,13,16,19,27H,5-6,9,12,14-15H2,1H3. The molecular weight excluding hydrogens is 420 g/mol. The van der Waals surface area contributed by atoms with Crippen LogP contribution in [0, 0.1) is 0 Å². The van der Waals surface area contributed by atoms with Gasteiger partial charge in [-0.15, -0.1) is 11.3 Å². The highest BCUT2D eigenvalue weighted by Crippen LogP contribution is 2.33. The first kappa shape index (κ1) is 20.8. The molecule has 32 heavy (non-hydrogen) atoms. The number of methoxy groups -OCH3 is 1. The predicted molar refractivity (Wildman–Crippen MR) is 128 cm³/mol. The zero-order valence-electron chi connectivity index (χ0n) is 18.1. The Morgan fingerprint density at radius 2 is 2.09 bits per heavy atom. The van der Waals surface area contributed by atoms with E-state index in [4.69, 9.17) is 4.74 Å². The molecule has 0 aliphatic heterocycles. The van der Waals surface area contributed by atoms with Crippen molar-refractivity contribution in [2.45, 2.75) is 38.3 Å². The highest BCUT2D eigenvalue weighted by atomic mass is 32.1. The van der Waals surface area contributed by atoms with Gasteiger partial charge in [0, 0.05) is 23.3 Å². The molecule has 1 N–H and O–H groups in total. The van der Waals surface area contributed by atoms with E-state index in [0.29, 0.717) is 12.6 Å². The molecule has 0 saturated heterocycles. The van der Waals surface area contributed by atoms with E-state index in [1.54, 1.807) is 29.3 Å². The molecule has 0 amide bonds. The highest BCUT2D eigenvalue weighted by Gasteiger charge is 2.25. The Kier molecular flexibility index (Phi) is 6.01. The minimum absolute atomic E-state index is 0.0550. The average Bonchev–Trinajstić information content (AvgIpc) is 3.20. The van der Waals surface area contributed by atoms with E-state index in [1.165, 1.54) is 16.0 Å². The fourth-order valence-corrected chi connectivity index (χ4v) is 5.68. The van der Waals surface area contributed by atoms with Gasteiger partial charge in [-0.05, 0) is 73.2 Å². The van der Waals surface area contributed by atoms with Gasteiger partial charge in [0.25, 0.3) is 5.56 Å². The van der Waals surface area contributed by atoms with Crippen LogP contribution in [0.5, 0.6) is 5.75 Å². The number of pyridine rings is 1. The van der Waals surface area contributed by atoms with E-state index < -0.39 is 0 Å². The molecule has 1 aromatic carbocycles. The maximum Gasteiger partial charge on any atom is 0.262 e. The van der Waals surface area contributed by atoms with Crippen LogP contribution in [0.15, 0.2) is 59.9 Å². The maximum absolute atomic E-state index is 13.3. The van der Waals surface area contributed by atoms with Crippen LogP contribution >= 0.6 is 11.3 Å². The number of thiophene rings is 1. The summed E-state index contributed by atoms with van der Waals surface area (Å²) in [6.45, 7) is 1.43. The number of nitrogens with zero attached hydrogens (tertiary/aromatic N) is 3. The van der Waals surface area contributed by atoms with Crippen LogP contribution in [0.3, 0.4) is 0 Å². The van der Waals surface area contributed by atoms with Crippen molar-refractivity contribution in [1.82, 2.24) is 19.9 Å². The van der Waals surface area contributed by atoms with Crippen LogP contribution in [-0.2, 0) is 25.8 Å². The molecule has 3 aromatic heterocycles. The van der Waals surface area contributed by atoms with Crippen LogP contribution in [0.1, 0.15) is 28.0 Å². The Hall–Kier alpha value is -3.03. The van der Waals surface area contributed by atoms with Crippen molar-refractivity contribution in [2.75, 3.05) is 13.7 Å². The molecule has 5 rings (SSSR count). The molecular formula is C25H26N4O2S. The Morgan fingerprint density at radius 3 is 2.94 bits per heavy atom. The number of ether oxygens (including phenoxy) is 1. The first-order valence-electron chi connectivity index (χ1n) is 11.0. The molecule has 164 valence electrons. The molecule has 0 bridgehead atoms. The predicted octanol–water partition coefficient (Wildman–Crippen LogP) is 3.60. The topological polar surface area (TPSA) is 69.0 Å². The second-order valence-electron chi connectivity index (χ2n) is 8.21. The van der Waals surface area contributed by atoms with Gasteiger partial charge < -0.3 is 10.1 Å². The first-order chi connectivity index (χ1) is 15.7. The van der Waals surface area contributed by atoms with Crippen LogP contribution < -0.4 is 15.6 Å². The second-order valence-corrected chi connectivity index (χ2v) is 9.30. The van der Waals surface area contributed by atoms with Gasteiger partial charge in [0.2, 0.25) is 0 Å². The van der Waals surface area contributed by atoms with Crippen LogP contribution in [-0.4, -0.2) is 34.2 Å². The first-order valence-corrected chi connectivity index (χ1v) is 11.8. The van der Waals surface area contributed by atoms with Crippen LogP contribution in [0.2, 0.25) is 0 Å². The highest BCUT2D eigenvalue weighted by molar-refractivity contribution is 7.18. The zero-order valence-corrected chi connectivity index (χ0v) is 18.9. The van der Waals surface area contributed by atoms with Crippen molar-refractivity contribution in [2.24, 2.45) is 0 Å². The Morgan fingerprint density at radius 1 is 1.22 bits per heavy atom. The molecule has 0 radical (unpaired) electrons. The number of nitrogens with one attached hydrogen (secondary N) is 1. The lowest BCUT2D eigenvalue weighted by molar-refractivity contribution is 0.414. The fourth-order valence-electron chi connectivity index (χ4n) is 4.43. The van der Waals surface area contributed by atoms with E-state index in [2.05, 4.69) is 27.4 Å². The minimum atomic E-state index is 0.0550. The third-order valence-electron chi connectivity index (χ3n) is 6.12. The smallest absolute Gasteiger partial charge is 0.262 e. The summed E-state index contributed by atoms with van der Waals surface area (Å²) in [5, 5.41) is 4.51. The van der Waals surface area contributed by atoms with Gasteiger partial charge in [-0.3, -0.25) is 14.3 Å². The molecule has 3 heterocycles. The molecule has 1 aliphatic rings. The number of hydrogen-bond acceptors (Lipinski definition) is 6. The van der Waals surface area contributed by atoms with Crippen LogP contribution in [0.25, 0.3) is 10.2 Å². The molecule has 6 nitrogen and oxygen atoms in total. The molecule has 4 aromatic rings. The van der Waals surface area contributed by atoms with E-state index in [1.807, 2.05) is 36.7 Å². The van der Waals surface area contributed by atoms with Gasteiger partial charge in [0.05, 0.1) is 25.4 Å². The number of fused-ring (bicyclic) bond motifs is 3. The number of aryl methyl sites for hydroxylation is 1. The van der Waals surface area contributed by atoms with Crippen molar-refractivity contribution in [1.29, 1.82) is 0 Å². The lowest BCUT2D eigenvalue weighted by Crippen LogP contribution is -2.35. The van der Waals surface area contributed by atoms with E-state index in [9.17, 15) is 4.79 Å². The number of hydrogen-bond donors (Lipinski definition) is 1. The van der Waals surface area contributed by atoms with Crippen molar-refractivity contribution < 1.29 is 4.74 Å². The Balaban J connectivity index is 1.32. The molecule has 1 aliphatic carbocycles. The maximum atomic E-state index is 13.3. The largest absolute Gasteiger partial charge is 0.497 e. The van der Waals surface area contributed by atoms with Gasteiger partial charge in [0.15, 0.2) is 0 Å². The molecule has 1 unspecified atom stereocenters. The summed E-state index contributed by atoms with van der Waals surface area (Å²) < 4.78 is 7.02. The molecule has 0 saturated carbocycles. The quantitative estimate of drug-likeness (QED) is 0.470. The number of aromatic nitrogens is 3. The lowest BCUT2D eigenvalue weighted by atomic mass is 9.93. The van der Waals surface area contributed by atoms with E-state index >= 15 is 0 Å². The number of benzene rings is 1. The van der Waals surface area contributed by atoms with Gasteiger partial charge in [0.1, 0.15) is 10.6 Å². The third-order valence-corrected chi connectivity index (χ3v) is 7.28. The van der Waals surface area contributed by atoms with Gasteiger partial charge in [-0.25, -0.2) is 4.98 Å². The number of rotatable bonds is 7. The van der Waals surface area contributed by atoms with Crippen molar-refractivity contribution in [3.63, 3.8) is 0 Å². The fraction of sp³-hybridized carbons (Fsp3) is 0.320. The van der Waals surface area contributed by atoms with Gasteiger partial charge in [-0.2, -0.15) is 0 Å².